The minimum absolute atomic E-state index is 0.262. The van der Waals surface area contributed by atoms with Crippen LogP contribution in [0.1, 0.15) is 11.6 Å². The molecule has 1 N–H and O–H groups in total. The van der Waals surface area contributed by atoms with Crippen LogP contribution in [0.5, 0.6) is 0 Å². The Morgan fingerprint density at radius 1 is 1.09 bits per heavy atom. The van der Waals surface area contributed by atoms with Crippen LogP contribution in [-0.2, 0) is 5.75 Å². The third kappa shape index (κ3) is 4.31. The van der Waals surface area contributed by atoms with Crippen LogP contribution in [0.15, 0.2) is 74.0 Å². The number of aromatic nitrogens is 5. The largest absolute Gasteiger partial charge is 0.353 e. The summed E-state index contributed by atoms with van der Waals surface area (Å²) in [5, 5.41) is 4.52. The molecular weight excluding hydrogens is 461 g/mol. The van der Waals surface area contributed by atoms with Crippen molar-refractivity contribution in [3.63, 3.8) is 0 Å². The molecule has 10 heteroatoms. The van der Waals surface area contributed by atoms with Crippen LogP contribution in [-0.4, -0.2) is 30.9 Å². The first-order chi connectivity index (χ1) is 16.0. The number of nitrogens with zero attached hydrogens (tertiary/aromatic N) is 4. The van der Waals surface area contributed by atoms with E-state index in [0.29, 0.717) is 39.3 Å². The molecule has 0 aliphatic carbocycles. The first kappa shape index (κ1) is 21.5. The highest BCUT2D eigenvalue weighted by Crippen LogP contribution is 2.26. The zero-order chi connectivity index (χ0) is 22.9. The zero-order valence-electron chi connectivity index (χ0n) is 17.7. The Labute approximate surface area is 196 Å². The van der Waals surface area contributed by atoms with Gasteiger partial charge in [0.2, 0.25) is 11.7 Å². The second kappa shape index (κ2) is 8.87. The number of nitrogens with one attached hydrogen (secondary N) is 1. The summed E-state index contributed by atoms with van der Waals surface area (Å²) in [6.07, 6.45) is 2.02. The number of aromatic amines is 1. The standard InChI is InChI=1S/C23H18FN5O2S2/c1-13-11-18-20(25-13)22(30)29(16-7-5-15(24)6-8-16)23(26-18)33-12-19-27-21(28-31-19)14-3-9-17(32-2)10-4-14/h3-11,25H,12H2,1-2H3. The van der Waals surface area contributed by atoms with Crippen LogP contribution < -0.4 is 5.56 Å². The molecule has 3 aromatic heterocycles. The Hall–Kier alpha value is -3.37. The Balaban J connectivity index is 1.47. The van der Waals surface area contributed by atoms with Crippen molar-refractivity contribution in [3.05, 3.63) is 82.4 Å². The van der Waals surface area contributed by atoms with Gasteiger partial charge in [0.25, 0.3) is 5.56 Å². The summed E-state index contributed by atoms with van der Waals surface area (Å²) in [4.78, 5) is 26.6. The van der Waals surface area contributed by atoms with Gasteiger partial charge in [0.15, 0.2) is 5.16 Å². The molecule has 3 heterocycles. The Morgan fingerprint density at radius 2 is 1.85 bits per heavy atom. The summed E-state index contributed by atoms with van der Waals surface area (Å²) in [6, 6.07) is 15.4. The average molecular weight is 480 g/mol. The van der Waals surface area contributed by atoms with Gasteiger partial charge in [-0.1, -0.05) is 16.9 Å². The van der Waals surface area contributed by atoms with Crippen LogP contribution in [0, 0.1) is 12.7 Å². The molecule has 0 aliphatic rings. The van der Waals surface area contributed by atoms with Crippen LogP contribution in [0.4, 0.5) is 4.39 Å². The number of thioether (sulfide) groups is 2. The molecule has 166 valence electrons. The van der Waals surface area contributed by atoms with Gasteiger partial charge in [-0.2, -0.15) is 4.98 Å². The van der Waals surface area contributed by atoms with Crippen molar-refractivity contribution in [1.82, 2.24) is 24.7 Å². The molecule has 0 saturated carbocycles. The van der Waals surface area contributed by atoms with Gasteiger partial charge < -0.3 is 9.51 Å². The second-order valence-electron chi connectivity index (χ2n) is 7.25. The molecule has 5 rings (SSSR count). The first-order valence-corrected chi connectivity index (χ1v) is 12.2. The topological polar surface area (TPSA) is 89.6 Å². The van der Waals surface area contributed by atoms with Gasteiger partial charge in [-0.15, -0.1) is 11.8 Å². The predicted octanol–water partition coefficient (Wildman–Crippen LogP) is 5.23. The summed E-state index contributed by atoms with van der Waals surface area (Å²) in [7, 11) is 0. The monoisotopic (exact) mass is 479 g/mol. The number of aryl methyl sites for hydroxylation is 1. The van der Waals surface area contributed by atoms with Crippen molar-refractivity contribution in [2.24, 2.45) is 0 Å². The molecule has 7 nitrogen and oxygen atoms in total. The van der Waals surface area contributed by atoms with Crippen LogP contribution in [0.3, 0.4) is 0 Å². The van der Waals surface area contributed by atoms with Gasteiger partial charge in [0, 0.05) is 16.2 Å². The lowest BCUT2D eigenvalue weighted by Crippen LogP contribution is -2.21. The molecule has 0 atom stereocenters. The van der Waals surface area contributed by atoms with E-state index in [-0.39, 0.29) is 11.4 Å². The molecule has 0 unspecified atom stereocenters. The number of hydrogen-bond acceptors (Lipinski definition) is 7. The fraction of sp³-hybridized carbons (Fsp3) is 0.130. The van der Waals surface area contributed by atoms with Crippen LogP contribution >= 0.6 is 23.5 Å². The fourth-order valence-corrected chi connectivity index (χ4v) is 4.65. The second-order valence-corrected chi connectivity index (χ2v) is 9.07. The number of halogens is 1. The van der Waals surface area contributed by atoms with Crippen LogP contribution in [0.2, 0.25) is 0 Å². The van der Waals surface area contributed by atoms with Crippen molar-refractivity contribution in [2.75, 3.05) is 6.26 Å². The molecule has 0 fully saturated rings. The van der Waals surface area contributed by atoms with Crippen molar-refractivity contribution >= 4 is 34.6 Å². The highest BCUT2D eigenvalue weighted by molar-refractivity contribution is 7.98. The van der Waals surface area contributed by atoms with Crippen molar-refractivity contribution < 1.29 is 8.91 Å². The van der Waals surface area contributed by atoms with E-state index in [0.717, 1.165) is 16.2 Å². The van der Waals surface area contributed by atoms with Gasteiger partial charge in [0.05, 0.1) is 17.0 Å². The zero-order valence-corrected chi connectivity index (χ0v) is 19.3. The summed E-state index contributed by atoms with van der Waals surface area (Å²) >= 11 is 2.96. The molecular formula is C23H18FN5O2S2. The van der Waals surface area contributed by atoms with Gasteiger partial charge in [-0.3, -0.25) is 9.36 Å². The van der Waals surface area contributed by atoms with Gasteiger partial charge >= 0.3 is 0 Å². The number of rotatable bonds is 6. The van der Waals surface area contributed by atoms with E-state index in [1.165, 1.54) is 28.5 Å². The van der Waals surface area contributed by atoms with E-state index in [2.05, 4.69) is 20.1 Å². The molecule has 0 bridgehead atoms. The lowest BCUT2D eigenvalue weighted by atomic mass is 10.2. The normalized spacial score (nSPS) is 11.4. The smallest absolute Gasteiger partial charge is 0.283 e. The maximum absolute atomic E-state index is 13.5. The molecule has 0 spiro atoms. The quantitative estimate of drug-likeness (QED) is 0.264. The van der Waals surface area contributed by atoms with Crippen molar-refractivity contribution in [1.29, 1.82) is 0 Å². The van der Waals surface area contributed by atoms with E-state index in [4.69, 9.17) is 4.52 Å². The minimum atomic E-state index is -0.380. The highest BCUT2D eigenvalue weighted by atomic mass is 32.2. The lowest BCUT2D eigenvalue weighted by Gasteiger charge is -2.11. The van der Waals surface area contributed by atoms with Gasteiger partial charge in [0.1, 0.15) is 11.3 Å². The molecule has 2 aromatic carbocycles. The first-order valence-electron chi connectivity index (χ1n) is 10.00. The van der Waals surface area contributed by atoms with Gasteiger partial charge in [-0.25, -0.2) is 9.37 Å². The van der Waals surface area contributed by atoms with Crippen molar-refractivity contribution in [2.45, 2.75) is 22.7 Å². The number of H-pyrrole nitrogens is 1. The number of hydrogen-bond donors (Lipinski definition) is 1. The molecule has 33 heavy (non-hydrogen) atoms. The number of benzene rings is 2. The summed E-state index contributed by atoms with van der Waals surface area (Å²) in [5.74, 6) is 0.848. The molecule has 5 aromatic rings. The number of fused-ring (bicyclic) bond motifs is 1. The average Bonchev–Trinajstić information content (AvgIpc) is 3.45. The van der Waals surface area contributed by atoms with E-state index < -0.39 is 0 Å². The predicted molar refractivity (Wildman–Crippen MR) is 127 cm³/mol. The lowest BCUT2D eigenvalue weighted by molar-refractivity contribution is 0.391. The van der Waals surface area contributed by atoms with E-state index >= 15 is 0 Å². The molecule has 0 radical (unpaired) electrons. The molecule has 0 amide bonds. The maximum Gasteiger partial charge on any atom is 0.283 e. The Bertz CT molecular complexity index is 1490. The SMILES string of the molecule is CSc1ccc(-c2noc(CSc3nc4cc(C)[nH]c4c(=O)n3-c3ccc(F)cc3)n2)cc1. The molecule has 0 saturated heterocycles. The minimum Gasteiger partial charge on any atom is -0.353 e. The fourth-order valence-electron chi connectivity index (χ4n) is 3.39. The summed E-state index contributed by atoms with van der Waals surface area (Å²) in [6.45, 7) is 1.86. The third-order valence-corrected chi connectivity index (χ3v) is 6.65. The van der Waals surface area contributed by atoms with Crippen LogP contribution in [0.25, 0.3) is 28.1 Å². The Kier molecular flexibility index (Phi) is 5.77. The Morgan fingerprint density at radius 3 is 2.58 bits per heavy atom. The van der Waals surface area contributed by atoms with Crippen molar-refractivity contribution in [3.8, 4) is 17.1 Å². The third-order valence-electron chi connectivity index (χ3n) is 4.98. The van der Waals surface area contributed by atoms with E-state index in [1.54, 1.807) is 23.9 Å². The van der Waals surface area contributed by atoms with Gasteiger partial charge in [-0.05, 0) is 67.8 Å². The summed E-state index contributed by atoms with van der Waals surface area (Å²) < 4.78 is 20.4. The summed E-state index contributed by atoms with van der Waals surface area (Å²) in [5.41, 5.74) is 2.91. The van der Waals surface area contributed by atoms with E-state index in [1.807, 2.05) is 43.5 Å². The highest BCUT2D eigenvalue weighted by Gasteiger charge is 2.17. The molecule has 0 aliphatic heterocycles. The maximum atomic E-state index is 13.5. The van der Waals surface area contributed by atoms with E-state index in [9.17, 15) is 9.18 Å².